The molecular formula is C30H28N6O4. The normalized spacial score (nSPS) is 22.3. The Kier molecular flexibility index (Phi) is 8.05. The molecule has 0 saturated carbocycles. The maximum atomic E-state index is 12.7. The van der Waals surface area contributed by atoms with E-state index in [1.165, 1.54) is 12.4 Å². The van der Waals surface area contributed by atoms with E-state index >= 15 is 0 Å². The van der Waals surface area contributed by atoms with Gasteiger partial charge in [0, 0.05) is 24.9 Å². The van der Waals surface area contributed by atoms with Gasteiger partial charge in [-0.05, 0) is 22.3 Å². The van der Waals surface area contributed by atoms with Crippen LogP contribution >= 0.6 is 0 Å². The molecule has 0 bridgehead atoms. The SMILES string of the molecule is O=C1NC[C@H](c2ccccc2)[C@@H]1C(=O)N/N=C\c1ccc(/C=N\NC(=O)[C@@H]2C(=O)NC[C@H]2c2ccccc2)cc1. The van der Waals surface area contributed by atoms with Crippen LogP contribution in [0.1, 0.15) is 34.1 Å². The van der Waals surface area contributed by atoms with Crippen molar-refractivity contribution in [3.05, 3.63) is 107 Å². The van der Waals surface area contributed by atoms with Gasteiger partial charge in [0.1, 0.15) is 11.8 Å². The van der Waals surface area contributed by atoms with Crippen molar-refractivity contribution in [2.45, 2.75) is 11.8 Å². The van der Waals surface area contributed by atoms with Gasteiger partial charge in [-0.2, -0.15) is 10.2 Å². The zero-order valence-corrected chi connectivity index (χ0v) is 21.5. The molecule has 202 valence electrons. The Bertz CT molecular complexity index is 1330. The third kappa shape index (κ3) is 5.96. The van der Waals surface area contributed by atoms with E-state index in [4.69, 9.17) is 0 Å². The summed E-state index contributed by atoms with van der Waals surface area (Å²) in [6, 6.07) is 26.0. The Labute approximate surface area is 230 Å². The van der Waals surface area contributed by atoms with E-state index in [-0.39, 0.29) is 23.7 Å². The van der Waals surface area contributed by atoms with Gasteiger partial charge < -0.3 is 10.6 Å². The molecule has 10 heteroatoms. The highest BCUT2D eigenvalue weighted by atomic mass is 16.2. The minimum atomic E-state index is -0.855. The Balaban J connectivity index is 1.14. The standard InChI is InChI=1S/C30H28N6O4/c37-27-25(23(17-31-27)21-7-3-1-4-8-21)29(39)35-33-15-19-11-13-20(14-12-19)16-34-36-30(40)26-24(18-32-28(26)38)22-9-5-2-6-10-22/h1-16,23-26H,17-18H2,(H,31,37)(H,32,38)(H,35,39)(H,36,40)/b33-15-,34-16-/t23-,24+,25-,26-/m0/s1. The maximum Gasteiger partial charge on any atom is 0.253 e. The van der Waals surface area contributed by atoms with Gasteiger partial charge in [-0.15, -0.1) is 0 Å². The van der Waals surface area contributed by atoms with Crippen molar-refractivity contribution in [2.24, 2.45) is 22.0 Å². The molecule has 0 unspecified atom stereocenters. The minimum absolute atomic E-state index is 0.254. The number of benzene rings is 3. The van der Waals surface area contributed by atoms with Crippen molar-refractivity contribution in [3.8, 4) is 0 Å². The lowest BCUT2D eigenvalue weighted by atomic mass is 9.88. The molecule has 0 radical (unpaired) electrons. The number of nitrogens with one attached hydrogen (secondary N) is 4. The first-order valence-corrected chi connectivity index (χ1v) is 12.9. The average molecular weight is 537 g/mol. The number of rotatable bonds is 8. The van der Waals surface area contributed by atoms with Crippen molar-refractivity contribution in [1.29, 1.82) is 0 Å². The van der Waals surface area contributed by atoms with Crippen LogP contribution < -0.4 is 21.5 Å². The van der Waals surface area contributed by atoms with Crippen molar-refractivity contribution < 1.29 is 19.2 Å². The highest BCUT2D eigenvalue weighted by molar-refractivity contribution is 6.04. The molecule has 0 spiro atoms. The summed E-state index contributed by atoms with van der Waals surface area (Å²) in [5, 5.41) is 13.5. The van der Waals surface area contributed by atoms with Crippen LogP contribution in [0.5, 0.6) is 0 Å². The van der Waals surface area contributed by atoms with Gasteiger partial charge in [0.05, 0.1) is 12.4 Å². The Morgan fingerprint density at radius 2 is 1.00 bits per heavy atom. The van der Waals surface area contributed by atoms with Gasteiger partial charge in [-0.1, -0.05) is 84.9 Å². The van der Waals surface area contributed by atoms with E-state index in [2.05, 4.69) is 31.7 Å². The summed E-state index contributed by atoms with van der Waals surface area (Å²) >= 11 is 0. The zero-order valence-electron chi connectivity index (χ0n) is 21.5. The summed E-state index contributed by atoms with van der Waals surface area (Å²) in [5.74, 6) is -3.79. The number of hydrazone groups is 2. The molecule has 4 amide bonds. The van der Waals surface area contributed by atoms with E-state index in [1.54, 1.807) is 24.3 Å². The van der Waals surface area contributed by atoms with E-state index < -0.39 is 23.7 Å². The lowest BCUT2D eigenvalue weighted by Crippen LogP contribution is -2.34. The lowest BCUT2D eigenvalue weighted by molar-refractivity contribution is -0.135. The second-order valence-corrected chi connectivity index (χ2v) is 9.62. The molecule has 3 aromatic carbocycles. The van der Waals surface area contributed by atoms with E-state index in [9.17, 15) is 19.2 Å². The molecule has 4 atom stereocenters. The first-order valence-electron chi connectivity index (χ1n) is 12.9. The zero-order chi connectivity index (χ0) is 27.9. The third-order valence-corrected chi connectivity index (χ3v) is 7.10. The fourth-order valence-corrected chi connectivity index (χ4v) is 5.01. The second kappa shape index (κ2) is 12.2. The molecule has 2 aliphatic heterocycles. The second-order valence-electron chi connectivity index (χ2n) is 9.62. The fraction of sp³-hybridized carbons (Fsp3) is 0.200. The summed E-state index contributed by atoms with van der Waals surface area (Å²) in [7, 11) is 0. The molecule has 40 heavy (non-hydrogen) atoms. The number of nitrogens with zero attached hydrogens (tertiary/aromatic N) is 2. The topological polar surface area (TPSA) is 141 Å². The third-order valence-electron chi connectivity index (χ3n) is 7.10. The predicted molar refractivity (Wildman–Crippen MR) is 149 cm³/mol. The van der Waals surface area contributed by atoms with Gasteiger partial charge in [0.25, 0.3) is 11.8 Å². The minimum Gasteiger partial charge on any atom is -0.355 e. The molecule has 0 aliphatic carbocycles. The molecule has 2 aliphatic rings. The van der Waals surface area contributed by atoms with Crippen LogP contribution in [0.25, 0.3) is 0 Å². The summed E-state index contributed by atoms with van der Waals surface area (Å²) in [5.41, 5.74) is 8.21. The van der Waals surface area contributed by atoms with Crippen molar-refractivity contribution in [1.82, 2.24) is 21.5 Å². The average Bonchev–Trinajstić information content (AvgIpc) is 3.57. The Morgan fingerprint density at radius 1 is 0.625 bits per heavy atom. The van der Waals surface area contributed by atoms with Crippen molar-refractivity contribution >= 4 is 36.1 Å². The van der Waals surface area contributed by atoms with Crippen molar-refractivity contribution in [3.63, 3.8) is 0 Å². The number of amides is 4. The van der Waals surface area contributed by atoms with Crippen LogP contribution in [0.4, 0.5) is 0 Å². The van der Waals surface area contributed by atoms with Gasteiger partial charge in [-0.25, -0.2) is 10.9 Å². The highest BCUT2D eigenvalue weighted by Crippen LogP contribution is 2.30. The van der Waals surface area contributed by atoms with Crippen LogP contribution in [0.2, 0.25) is 0 Å². The number of hydrogen-bond donors (Lipinski definition) is 4. The molecule has 2 fully saturated rings. The monoisotopic (exact) mass is 536 g/mol. The van der Waals surface area contributed by atoms with Crippen LogP contribution in [0.3, 0.4) is 0 Å². The molecule has 3 aromatic rings. The molecule has 4 N–H and O–H groups in total. The number of carbonyl (C=O) groups excluding carboxylic acids is 4. The van der Waals surface area contributed by atoms with E-state index in [0.29, 0.717) is 24.2 Å². The first-order chi connectivity index (χ1) is 19.5. The molecule has 2 saturated heterocycles. The predicted octanol–water partition coefficient (Wildman–Crippen LogP) is 1.65. The Hall–Kier alpha value is -5.12. The molecule has 2 heterocycles. The first kappa shape index (κ1) is 26.5. The largest absolute Gasteiger partial charge is 0.355 e. The lowest BCUT2D eigenvalue weighted by Gasteiger charge is -2.15. The smallest absolute Gasteiger partial charge is 0.253 e. The molecular weight excluding hydrogens is 508 g/mol. The summed E-state index contributed by atoms with van der Waals surface area (Å²) < 4.78 is 0. The number of carbonyl (C=O) groups is 4. The molecule has 10 nitrogen and oxygen atoms in total. The van der Waals surface area contributed by atoms with Crippen molar-refractivity contribution in [2.75, 3.05) is 13.1 Å². The highest BCUT2D eigenvalue weighted by Gasteiger charge is 2.41. The Morgan fingerprint density at radius 3 is 1.38 bits per heavy atom. The van der Waals surface area contributed by atoms with E-state index in [0.717, 1.165) is 11.1 Å². The van der Waals surface area contributed by atoms with Crippen LogP contribution in [0.15, 0.2) is 95.1 Å². The van der Waals surface area contributed by atoms with Crippen LogP contribution in [0, 0.1) is 11.8 Å². The summed E-state index contributed by atoms with van der Waals surface area (Å²) in [4.78, 5) is 50.0. The van der Waals surface area contributed by atoms with Gasteiger partial charge in [-0.3, -0.25) is 19.2 Å². The fourth-order valence-electron chi connectivity index (χ4n) is 5.01. The molecule has 5 rings (SSSR count). The summed E-state index contributed by atoms with van der Waals surface area (Å²) in [6.45, 7) is 0.797. The van der Waals surface area contributed by atoms with E-state index in [1.807, 2.05) is 60.7 Å². The molecule has 0 aromatic heterocycles. The number of hydrogen-bond acceptors (Lipinski definition) is 6. The quantitative estimate of drug-likeness (QED) is 0.197. The van der Waals surface area contributed by atoms with Gasteiger partial charge >= 0.3 is 0 Å². The van der Waals surface area contributed by atoms with Gasteiger partial charge in [0.15, 0.2) is 0 Å². The summed E-state index contributed by atoms with van der Waals surface area (Å²) in [6.07, 6.45) is 2.96. The van der Waals surface area contributed by atoms with Crippen LogP contribution in [-0.4, -0.2) is 49.1 Å². The maximum absolute atomic E-state index is 12.7. The van der Waals surface area contributed by atoms with Gasteiger partial charge in [0.2, 0.25) is 11.8 Å². The van der Waals surface area contributed by atoms with Crippen LogP contribution in [-0.2, 0) is 19.2 Å².